The van der Waals surface area contributed by atoms with Gasteiger partial charge in [-0.3, -0.25) is 18.8 Å². The first-order valence-corrected chi connectivity index (χ1v) is 1.97. The second-order valence-electron chi connectivity index (χ2n) is 0.0680. The molecule has 9 heteroatoms. The molecular formula is H4F4K2MoO2+2. The van der Waals surface area contributed by atoms with Crippen molar-refractivity contribution in [3.63, 3.8) is 0 Å². The number of hydrogen-bond acceptors (Lipinski definition) is 2. The quantitative estimate of drug-likeness (QED) is 0.329. The van der Waals surface area contributed by atoms with Crippen LogP contribution < -0.4 is 103 Å². The van der Waals surface area contributed by atoms with E-state index in [1.165, 1.54) is 0 Å². The van der Waals surface area contributed by atoms with E-state index in [4.69, 9.17) is 6.80 Å². The Labute approximate surface area is 143 Å². The van der Waals surface area contributed by atoms with Crippen LogP contribution in [0.15, 0.2) is 0 Å². The minimum atomic E-state index is -2.03. The van der Waals surface area contributed by atoms with Gasteiger partial charge in [-0.15, -0.1) is 0 Å². The summed E-state index contributed by atoms with van der Waals surface area (Å²) in [4.78, 5) is 0. The van der Waals surface area contributed by atoms with E-state index in [2.05, 4.69) is 0 Å². The van der Waals surface area contributed by atoms with E-state index in [-0.39, 0.29) is 122 Å². The summed E-state index contributed by atoms with van der Waals surface area (Å²) >= 11 is -2.03. The van der Waals surface area contributed by atoms with E-state index < -0.39 is 18.5 Å². The molecule has 0 bridgehead atoms. The normalized spacial score (nSPS) is 1.33. The Kier molecular flexibility index (Phi) is 405. The Morgan fingerprint density at radius 3 is 0.667 bits per heavy atom. The maximum absolute atomic E-state index is 8.50. The van der Waals surface area contributed by atoms with Crippen molar-refractivity contribution in [2.24, 2.45) is 0 Å². The summed E-state index contributed by atoms with van der Waals surface area (Å²) in [5.74, 6) is 0. The van der Waals surface area contributed by atoms with E-state index >= 15 is 0 Å². The average molecular weight is 286 g/mol. The summed E-state index contributed by atoms with van der Waals surface area (Å²) in [5, 5.41) is 0. The molecule has 0 aromatic carbocycles. The van der Waals surface area contributed by atoms with Gasteiger partial charge in [0.25, 0.3) is 0 Å². The van der Waals surface area contributed by atoms with E-state index in [1.54, 1.807) is 0 Å². The number of hydrogen-bond donors (Lipinski definition) is 0. The Bertz CT molecular complexity index is 37.5. The SMILES string of the molecule is F.F.F.F.[K+].[K+].[O]=[Mo]=[O]. The molecular weight excluding hydrogens is 282 g/mol. The summed E-state index contributed by atoms with van der Waals surface area (Å²) in [6, 6.07) is 0. The molecule has 0 saturated heterocycles. The number of halogens is 4. The zero-order chi connectivity index (χ0) is 2.71. The first-order valence-electron chi connectivity index (χ1n) is 0.333. The van der Waals surface area contributed by atoms with Crippen molar-refractivity contribution < 1.29 is 147 Å². The zero-order valence-corrected chi connectivity index (χ0v) is 13.1. The van der Waals surface area contributed by atoms with Crippen molar-refractivity contribution in [3.05, 3.63) is 0 Å². The second kappa shape index (κ2) is 65.1. The molecule has 0 fully saturated rings. The van der Waals surface area contributed by atoms with Crippen LogP contribution in [0.25, 0.3) is 0 Å². The van der Waals surface area contributed by atoms with Gasteiger partial charge in [0.15, 0.2) is 0 Å². The summed E-state index contributed by atoms with van der Waals surface area (Å²) in [5.41, 5.74) is 0. The van der Waals surface area contributed by atoms with Crippen LogP contribution in [0.2, 0.25) is 0 Å². The third-order valence-corrected chi connectivity index (χ3v) is 0. The predicted octanol–water partition coefficient (Wildman–Crippen LogP) is -5.62. The summed E-state index contributed by atoms with van der Waals surface area (Å²) in [7, 11) is 0. The van der Waals surface area contributed by atoms with Crippen LogP contribution in [0.5, 0.6) is 0 Å². The van der Waals surface area contributed by atoms with E-state index in [9.17, 15) is 0 Å². The van der Waals surface area contributed by atoms with Crippen molar-refractivity contribution in [2.45, 2.75) is 0 Å². The Balaban J connectivity index is -0.00000000133. The number of rotatable bonds is 0. The molecule has 0 aromatic heterocycles. The minimum absolute atomic E-state index is 0. The van der Waals surface area contributed by atoms with Gasteiger partial charge < -0.3 is 0 Å². The van der Waals surface area contributed by atoms with Gasteiger partial charge >= 0.3 is 128 Å². The third-order valence-electron chi connectivity index (χ3n) is 0. The van der Waals surface area contributed by atoms with Gasteiger partial charge in [-0.05, 0) is 0 Å². The van der Waals surface area contributed by atoms with Gasteiger partial charge in [-0.1, -0.05) is 0 Å². The molecule has 0 saturated carbocycles. The molecule has 0 aliphatic carbocycles. The summed E-state index contributed by atoms with van der Waals surface area (Å²) in [6.07, 6.45) is 0. The van der Waals surface area contributed by atoms with Gasteiger partial charge in [0.2, 0.25) is 0 Å². The van der Waals surface area contributed by atoms with Crippen LogP contribution in [0.1, 0.15) is 0 Å². The zero-order valence-electron chi connectivity index (χ0n) is 4.86. The molecule has 50 valence electrons. The fourth-order valence-electron chi connectivity index (χ4n) is 0. The molecule has 0 radical (unpaired) electrons. The first kappa shape index (κ1) is 56.0. The van der Waals surface area contributed by atoms with Gasteiger partial charge in [-0.25, -0.2) is 0 Å². The molecule has 0 heterocycles. The van der Waals surface area contributed by atoms with Crippen LogP contribution in [0.3, 0.4) is 0 Å². The van der Waals surface area contributed by atoms with E-state index in [1.807, 2.05) is 0 Å². The molecule has 0 rings (SSSR count). The predicted molar refractivity (Wildman–Crippen MR) is 11.4 cm³/mol. The van der Waals surface area contributed by atoms with Gasteiger partial charge in [0, 0.05) is 0 Å². The van der Waals surface area contributed by atoms with Crippen LogP contribution >= 0.6 is 0 Å². The standard InChI is InChI=1S/4FH.2K.Mo.2O/h4*1H;;;;;/q;;;;2*+1;;;. The molecule has 0 aromatic rings. The average Bonchev–Trinajstić information content (AvgIpc) is 0.918. The molecule has 0 atom stereocenters. The summed E-state index contributed by atoms with van der Waals surface area (Å²) < 4.78 is 17.0. The maximum atomic E-state index is 8.50. The van der Waals surface area contributed by atoms with Crippen LogP contribution in [-0.2, 0) is 25.3 Å². The molecule has 0 N–H and O–H groups in total. The molecule has 2 nitrogen and oxygen atoms in total. The van der Waals surface area contributed by atoms with Crippen LogP contribution in [0.4, 0.5) is 18.8 Å². The van der Waals surface area contributed by atoms with Crippen molar-refractivity contribution in [1.82, 2.24) is 0 Å². The summed E-state index contributed by atoms with van der Waals surface area (Å²) in [6.45, 7) is 0. The molecule has 0 aliphatic heterocycles. The molecule has 0 aliphatic rings. The van der Waals surface area contributed by atoms with Crippen molar-refractivity contribution in [3.8, 4) is 0 Å². The fraction of sp³-hybridized carbons (Fsp3) is 0. The fourth-order valence-corrected chi connectivity index (χ4v) is 0. The molecule has 9 heavy (non-hydrogen) atoms. The van der Waals surface area contributed by atoms with Crippen molar-refractivity contribution in [2.75, 3.05) is 0 Å². The van der Waals surface area contributed by atoms with Crippen molar-refractivity contribution >= 4 is 0 Å². The Hall–Kier alpha value is 3.28. The van der Waals surface area contributed by atoms with Crippen LogP contribution in [0, 0.1) is 0 Å². The Morgan fingerprint density at radius 1 is 0.667 bits per heavy atom. The molecule has 0 unspecified atom stereocenters. The van der Waals surface area contributed by atoms with Gasteiger partial charge in [0.1, 0.15) is 0 Å². The van der Waals surface area contributed by atoms with Crippen molar-refractivity contribution in [1.29, 1.82) is 0 Å². The topological polar surface area (TPSA) is 34.1 Å². The van der Waals surface area contributed by atoms with Gasteiger partial charge in [0.05, 0.1) is 0 Å². The monoisotopic (exact) mass is 288 g/mol. The van der Waals surface area contributed by atoms with E-state index in [0.29, 0.717) is 0 Å². The van der Waals surface area contributed by atoms with E-state index in [0.717, 1.165) is 0 Å². The third kappa shape index (κ3) is 90.3. The molecule has 0 spiro atoms. The Morgan fingerprint density at radius 2 is 0.667 bits per heavy atom. The molecule has 0 amide bonds. The second-order valence-corrected chi connectivity index (χ2v) is 0.403. The van der Waals surface area contributed by atoms with Crippen LogP contribution in [-0.4, -0.2) is 0 Å². The van der Waals surface area contributed by atoms with Gasteiger partial charge in [-0.2, -0.15) is 0 Å². The first-order chi connectivity index (χ1) is 1.41.